The summed E-state index contributed by atoms with van der Waals surface area (Å²) in [4.78, 5) is 42.3. The lowest BCUT2D eigenvalue weighted by molar-refractivity contribution is 0.688. The van der Waals surface area contributed by atoms with Crippen LogP contribution in [-0.2, 0) is 0 Å². The van der Waals surface area contributed by atoms with Gasteiger partial charge in [-0.1, -0.05) is 0 Å². The largest absolute Gasteiger partial charge is 0.328 e. The Morgan fingerprint density at radius 1 is 1.00 bits per heavy atom. The van der Waals surface area contributed by atoms with Crippen molar-refractivity contribution in [1.29, 1.82) is 0 Å². The van der Waals surface area contributed by atoms with E-state index in [-0.39, 0.29) is 5.56 Å². The Morgan fingerprint density at radius 2 is 1.81 bits per heavy atom. The molecule has 0 saturated heterocycles. The third-order valence-corrected chi connectivity index (χ3v) is 4.53. The maximum Gasteiger partial charge on any atom is 0.325 e. The van der Waals surface area contributed by atoms with E-state index in [1.807, 2.05) is 0 Å². The molecule has 0 bridgehead atoms. The molecule has 2 aromatic rings. The Kier molecular flexibility index (Phi) is 2.54. The molecule has 6 nitrogen and oxygen atoms in total. The van der Waals surface area contributed by atoms with Crippen molar-refractivity contribution in [3.63, 3.8) is 0 Å². The number of nitrogens with one attached hydrogen (secondary N) is 3. The third-order valence-electron chi connectivity index (χ3n) is 4.53. The lowest BCUT2D eigenvalue weighted by Gasteiger charge is -2.04. The molecule has 2 heterocycles. The molecule has 4 rings (SSSR count). The zero-order valence-corrected chi connectivity index (χ0v) is 11.3. The number of hydrogen-bond donors (Lipinski definition) is 3. The predicted octanol–water partition coefficient (Wildman–Crippen LogP) is 0.932. The molecule has 2 fully saturated rings. The second-order valence-corrected chi connectivity index (χ2v) is 6.00. The van der Waals surface area contributed by atoms with Gasteiger partial charge < -0.3 is 9.97 Å². The van der Waals surface area contributed by atoms with Gasteiger partial charge in [0.05, 0.1) is 5.56 Å². The summed E-state index contributed by atoms with van der Waals surface area (Å²) in [6.07, 6.45) is 6.52. The average molecular weight is 285 g/mol. The summed E-state index contributed by atoms with van der Waals surface area (Å²) in [7, 11) is 0. The molecule has 3 N–H and O–H groups in total. The van der Waals surface area contributed by atoms with Crippen LogP contribution in [0.1, 0.15) is 30.7 Å². The van der Waals surface area contributed by atoms with Gasteiger partial charge in [-0.05, 0) is 43.1 Å². The minimum Gasteiger partial charge on any atom is -0.328 e. The van der Waals surface area contributed by atoms with Crippen molar-refractivity contribution < 1.29 is 0 Å². The molecule has 108 valence electrons. The van der Waals surface area contributed by atoms with Crippen molar-refractivity contribution in [2.24, 2.45) is 11.8 Å². The fourth-order valence-electron chi connectivity index (χ4n) is 3.17. The lowest BCUT2D eigenvalue weighted by atomic mass is 10.0. The predicted molar refractivity (Wildman–Crippen MR) is 77.3 cm³/mol. The molecule has 0 radical (unpaired) electrons. The Hall–Kier alpha value is -2.37. The fourth-order valence-corrected chi connectivity index (χ4v) is 3.17. The first kappa shape index (κ1) is 12.4. The highest BCUT2D eigenvalue weighted by atomic mass is 16.2. The molecule has 0 aliphatic heterocycles. The SMILES string of the molecule is O=c1[nH]cc(-c2c[nH]c(=O)c([C@H]3C[C@@H]3C3CC3)c2)c(=O)[nH]1. The van der Waals surface area contributed by atoms with Crippen molar-refractivity contribution in [3.05, 3.63) is 55.2 Å². The van der Waals surface area contributed by atoms with Crippen molar-refractivity contribution in [3.8, 4) is 11.1 Å². The van der Waals surface area contributed by atoms with Crippen LogP contribution >= 0.6 is 0 Å². The van der Waals surface area contributed by atoms with Gasteiger partial charge in [0.1, 0.15) is 0 Å². The molecule has 2 aliphatic rings. The van der Waals surface area contributed by atoms with E-state index in [2.05, 4.69) is 15.0 Å². The second-order valence-electron chi connectivity index (χ2n) is 6.00. The summed E-state index contributed by atoms with van der Waals surface area (Å²) in [5.74, 6) is 1.74. The normalized spacial score (nSPS) is 24.0. The van der Waals surface area contributed by atoms with E-state index in [1.165, 1.54) is 25.2 Å². The average Bonchev–Trinajstić information content (AvgIpc) is 3.32. The van der Waals surface area contributed by atoms with Gasteiger partial charge in [-0.3, -0.25) is 14.6 Å². The quantitative estimate of drug-likeness (QED) is 0.782. The van der Waals surface area contributed by atoms with Gasteiger partial charge >= 0.3 is 5.69 Å². The van der Waals surface area contributed by atoms with Gasteiger partial charge in [-0.25, -0.2) is 4.79 Å². The Morgan fingerprint density at radius 3 is 2.52 bits per heavy atom. The van der Waals surface area contributed by atoms with Crippen molar-refractivity contribution >= 4 is 0 Å². The first-order valence-electron chi connectivity index (χ1n) is 7.18. The summed E-state index contributed by atoms with van der Waals surface area (Å²) in [5, 5.41) is 0. The molecular weight excluding hydrogens is 270 g/mol. The van der Waals surface area contributed by atoms with Crippen LogP contribution in [0, 0.1) is 11.8 Å². The summed E-state index contributed by atoms with van der Waals surface area (Å²) >= 11 is 0. The number of hydrogen-bond acceptors (Lipinski definition) is 3. The zero-order valence-electron chi connectivity index (χ0n) is 11.3. The molecule has 6 heteroatoms. The van der Waals surface area contributed by atoms with Gasteiger partial charge in [0.2, 0.25) is 0 Å². The number of pyridine rings is 1. The lowest BCUT2D eigenvalue weighted by Crippen LogP contribution is -2.23. The number of rotatable bonds is 3. The van der Waals surface area contributed by atoms with Crippen LogP contribution in [0.2, 0.25) is 0 Å². The van der Waals surface area contributed by atoms with Crippen LogP contribution < -0.4 is 16.8 Å². The molecule has 2 atom stereocenters. The van der Waals surface area contributed by atoms with Crippen LogP contribution in [0.3, 0.4) is 0 Å². The van der Waals surface area contributed by atoms with Gasteiger partial charge in [0.25, 0.3) is 11.1 Å². The smallest absolute Gasteiger partial charge is 0.325 e. The molecule has 2 saturated carbocycles. The molecule has 2 aromatic heterocycles. The van der Waals surface area contributed by atoms with Crippen LogP contribution in [0.25, 0.3) is 11.1 Å². The van der Waals surface area contributed by atoms with E-state index in [4.69, 9.17) is 0 Å². The van der Waals surface area contributed by atoms with E-state index in [1.54, 1.807) is 6.07 Å². The third kappa shape index (κ3) is 2.16. The Labute approximate surface area is 119 Å². The summed E-state index contributed by atoms with van der Waals surface area (Å²) < 4.78 is 0. The Bertz CT molecular complexity index is 872. The van der Waals surface area contributed by atoms with Gasteiger partial charge in [0.15, 0.2) is 0 Å². The maximum absolute atomic E-state index is 12.0. The van der Waals surface area contributed by atoms with Crippen LogP contribution in [-0.4, -0.2) is 15.0 Å². The minimum atomic E-state index is -0.538. The molecule has 21 heavy (non-hydrogen) atoms. The highest BCUT2D eigenvalue weighted by Gasteiger charge is 2.48. The zero-order chi connectivity index (χ0) is 14.6. The topological polar surface area (TPSA) is 98.6 Å². The van der Waals surface area contributed by atoms with Gasteiger partial charge in [-0.2, -0.15) is 0 Å². The van der Waals surface area contributed by atoms with E-state index in [0.29, 0.717) is 23.0 Å². The number of H-pyrrole nitrogens is 3. The van der Waals surface area contributed by atoms with E-state index in [0.717, 1.165) is 17.9 Å². The van der Waals surface area contributed by atoms with Crippen LogP contribution in [0.4, 0.5) is 0 Å². The van der Waals surface area contributed by atoms with Crippen molar-refractivity contribution in [2.45, 2.75) is 25.2 Å². The fraction of sp³-hybridized carbons (Fsp3) is 0.400. The highest BCUT2D eigenvalue weighted by molar-refractivity contribution is 5.61. The second kappa shape index (κ2) is 4.31. The summed E-state index contributed by atoms with van der Waals surface area (Å²) in [6, 6.07) is 1.79. The molecule has 0 amide bonds. The molecular formula is C15H15N3O3. The summed E-state index contributed by atoms with van der Waals surface area (Å²) in [6.45, 7) is 0. The summed E-state index contributed by atoms with van der Waals surface area (Å²) in [5.41, 5.74) is 0.678. The van der Waals surface area contributed by atoms with Crippen LogP contribution in [0.5, 0.6) is 0 Å². The van der Waals surface area contributed by atoms with E-state index >= 15 is 0 Å². The number of aromatic amines is 3. The molecule has 0 aromatic carbocycles. The van der Waals surface area contributed by atoms with Crippen molar-refractivity contribution in [2.75, 3.05) is 0 Å². The first-order chi connectivity index (χ1) is 10.1. The van der Waals surface area contributed by atoms with Gasteiger partial charge in [-0.15, -0.1) is 0 Å². The van der Waals surface area contributed by atoms with E-state index in [9.17, 15) is 14.4 Å². The first-order valence-corrected chi connectivity index (χ1v) is 7.18. The molecule has 0 unspecified atom stereocenters. The molecule has 0 spiro atoms. The van der Waals surface area contributed by atoms with Crippen LogP contribution in [0.15, 0.2) is 32.8 Å². The maximum atomic E-state index is 12.0. The van der Waals surface area contributed by atoms with Gasteiger partial charge in [0, 0.05) is 23.5 Å². The minimum absolute atomic E-state index is 0.0762. The van der Waals surface area contributed by atoms with E-state index < -0.39 is 11.2 Å². The highest BCUT2D eigenvalue weighted by Crippen LogP contribution is 2.58. The monoisotopic (exact) mass is 285 g/mol. The number of aromatic nitrogens is 3. The van der Waals surface area contributed by atoms with Crippen molar-refractivity contribution in [1.82, 2.24) is 15.0 Å². The molecule has 2 aliphatic carbocycles. The standard InChI is InChI=1S/C15H15N3O3/c19-13-11(10-4-9(10)7-1-2-7)3-8(5-16-13)12-6-17-15(21)18-14(12)20/h3,5-7,9-10H,1-2,4H2,(H,16,19)(H2,17,18,20,21)/t9-,10+/m1/s1. The Balaban J connectivity index is 1.75.